The van der Waals surface area contributed by atoms with Gasteiger partial charge in [0, 0.05) is 10.6 Å². The summed E-state index contributed by atoms with van der Waals surface area (Å²) in [5.74, 6) is -2.66. The fourth-order valence-electron chi connectivity index (χ4n) is 2.99. The Morgan fingerprint density at radius 3 is 1.59 bits per heavy atom. The van der Waals surface area contributed by atoms with Crippen molar-refractivity contribution >= 4 is 35.2 Å². The molecule has 0 amide bonds. The van der Waals surface area contributed by atoms with E-state index >= 15 is 0 Å². The minimum Gasteiger partial charge on any atom is -0.478 e. The summed E-state index contributed by atoms with van der Waals surface area (Å²) in [7, 11) is 0. The Labute approximate surface area is 173 Å². The summed E-state index contributed by atoms with van der Waals surface area (Å²) in [5.41, 5.74) is 1.48. The lowest BCUT2D eigenvalue weighted by Gasteiger charge is -2.15. The summed E-state index contributed by atoms with van der Waals surface area (Å²) in [5, 5.41) is 20.4. The molecule has 144 valence electrons. The maximum Gasteiger partial charge on any atom is 0.337 e. The average Bonchev–Trinajstić information content (AvgIpc) is 2.73. The molecule has 2 N–H and O–H groups in total. The van der Waals surface area contributed by atoms with Crippen LogP contribution in [0.1, 0.15) is 16.7 Å². The largest absolute Gasteiger partial charge is 0.478 e. The summed E-state index contributed by atoms with van der Waals surface area (Å²) in [6.07, 6.45) is 1.34. The molecule has 3 rings (SSSR count). The second-order valence-corrected chi connectivity index (χ2v) is 6.64. The van der Waals surface area contributed by atoms with Gasteiger partial charge in [0.05, 0.1) is 11.1 Å². The molecule has 3 aromatic carbocycles. The molecular formula is C24H17ClO4. The molecular weight excluding hydrogens is 388 g/mol. The smallest absolute Gasteiger partial charge is 0.337 e. The van der Waals surface area contributed by atoms with Gasteiger partial charge in [-0.15, -0.1) is 0 Å². The van der Waals surface area contributed by atoms with Gasteiger partial charge in [-0.25, -0.2) is 9.59 Å². The summed E-state index contributed by atoms with van der Waals surface area (Å²) in [6, 6.07) is 24.3. The van der Waals surface area contributed by atoms with E-state index in [4.69, 9.17) is 11.6 Å². The third kappa shape index (κ3) is 4.81. The van der Waals surface area contributed by atoms with Crippen LogP contribution in [0, 0.1) is 0 Å². The fraction of sp³-hybridized carbons (Fsp3) is 0. The van der Waals surface area contributed by atoms with E-state index in [1.165, 1.54) is 6.08 Å². The summed E-state index contributed by atoms with van der Waals surface area (Å²) in [6.45, 7) is 0. The van der Waals surface area contributed by atoms with Crippen LogP contribution in [0.15, 0.2) is 96.1 Å². The lowest BCUT2D eigenvalue weighted by atomic mass is 9.88. The van der Waals surface area contributed by atoms with Gasteiger partial charge in [0.25, 0.3) is 0 Å². The molecule has 3 aromatic rings. The number of benzene rings is 3. The lowest BCUT2D eigenvalue weighted by molar-refractivity contribution is -0.136. The summed E-state index contributed by atoms with van der Waals surface area (Å²) < 4.78 is 0. The highest BCUT2D eigenvalue weighted by molar-refractivity contribution is 6.30. The Hall–Kier alpha value is -3.63. The predicted molar refractivity (Wildman–Crippen MR) is 114 cm³/mol. The second kappa shape index (κ2) is 9.04. The van der Waals surface area contributed by atoms with Crippen molar-refractivity contribution in [2.45, 2.75) is 0 Å². The Balaban J connectivity index is 2.34. The van der Waals surface area contributed by atoms with Gasteiger partial charge in [-0.1, -0.05) is 84.4 Å². The highest BCUT2D eigenvalue weighted by Gasteiger charge is 2.26. The van der Waals surface area contributed by atoms with Gasteiger partial charge in [-0.2, -0.15) is 0 Å². The first-order chi connectivity index (χ1) is 14.0. The van der Waals surface area contributed by atoms with Crippen LogP contribution in [0.3, 0.4) is 0 Å². The Bertz CT molecular complexity index is 1040. The summed E-state index contributed by atoms with van der Waals surface area (Å²) >= 11 is 5.89. The van der Waals surface area contributed by atoms with Gasteiger partial charge in [-0.05, 0) is 34.9 Å². The Kier molecular flexibility index (Phi) is 6.27. The van der Waals surface area contributed by atoms with Crippen molar-refractivity contribution < 1.29 is 19.8 Å². The number of rotatable bonds is 6. The molecule has 0 heterocycles. The average molecular weight is 405 g/mol. The van der Waals surface area contributed by atoms with Crippen LogP contribution < -0.4 is 0 Å². The molecule has 0 fully saturated rings. The van der Waals surface area contributed by atoms with Crippen molar-refractivity contribution in [2.24, 2.45) is 0 Å². The third-order valence-electron chi connectivity index (χ3n) is 4.27. The minimum atomic E-state index is -1.33. The van der Waals surface area contributed by atoms with E-state index in [1.807, 2.05) is 12.1 Å². The second-order valence-electron chi connectivity index (χ2n) is 6.20. The van der Waals surface area contributed by atoms with Crippen LogP contribution in [0.2, 0.25) is 5.02 Å². The SMILES string of the molecule is O=C(O)C(=C(c1ccccc1)c1ccccc1)/C(=C\c1ccc(Cl)cc1)C(=O)O. The fourth-order valence-corrected chi connectivity index (χ4v) is 3.11. The van der Waals surface area contributed by atoms with E-state index < -0.39 is 11.9 Å². The molecule has 0 saturated carbocycles. The third-order valence-corrected chi connectivity index (χ3v) is 4.52. The molecule has 29 heavy (non-hydrogen) atoms. The Morgan fingerprint density at radius 2 is 1.17 bits per heavy atom. The molecule has 5 heteroatoms. The topological polar surface area (TPSA) is 74.6 Å². The number of hydrogen-bond donors (Lipinski definition) is 2. The highest BCUT2D eigenvalue weighted by atomic mass is 35.5. The molecule has 0 spiro atoms. The Morgan fingerprint density at radius 1 is 0.690 bits per heavy atom. The first-order valence-electron chi connectivity index (χ1n) is 8.76. The molecule has 0 atom stereocenters. The standard InChI is InChI=1S/C24H17ClO4/c25-19-13-11-16(12-14-19)15-20(23(26)27)22(24(28)29)21(17-7-3-1-4-8-17)18-9-5-2-6-10-18/h1-15H,(H,26,27)(H,28,29)/b20-15+. The van der Waals surface area contributed by atoms with E-state index in [2.05, 4.69) is 0 Å². The molecule has 0 unspecified atom stereocenters. The number of halogens is 1. The van der Waals surface area contributed by atoms with Gasteiger partial charge in [-0.3, -0.25) is 0 Å². The highest BCUT2D eigenvalue weighted by Crippen LogP contribution is 2.32. The maximum atomic E-state index is 12.3. The minimum absolute atomic E-state index is 0.287. The van der Waals surface area contributed by atoms with Gasteiger partial charge >= 0.3 is 11.9 Å². The van der Waals surface area contributed by atoms with Crippen LogP contribution >= 0.6 is 11.6 Å². The zero-order chi connectivity index (χ0) is 20.8. The summed E-state index contributed by atoms with van der Waals surface area (Å²) in [4.78, 5) is 24.4. The van der Waals surface area contributed by atoms with Crippen molar-refractivity contribution in [2.75, 3.05) is 0 Å². The zero-order valence-electron chi connectivity index (χ0n) is 15.2. The molecule has 0 bridgehead atoms. The van der Waals surface area contributed by atoms with Crippen molar-refractivity contribution in [3.05, 3.63) is 118 Å². The maximum absolute atomic E-state index is 12.3. The van der Waals surface area contributed by atoms with Gasteiger partial charge in [0.15, 0.2) is 0 Å². The monoisotopic (exact) mass is 404 g/mol. The van der Waals surface area contributed by atoms with E-state index in [-0.39, 0.29) is 11.1 Å². The first-order valence-corrected chi connectivity index (χ1v) is 9.14. The first kappa shape index (κ1) is 20.1. The van der Waals surface area contributed by atoms with Crippen molar-refractivity contribution in [3.63, 3.8) is 0 Å². The normalized spacial score (nSPS) is 11.0. The van der Waals surface area contributed by atoms with Crippen molar-refractivity contribution in [1.29, 1.82) is 0 Å². The number of carboxylic acid groups (broad SMARTS) is 2. The molecule has 0 aliphatic carbocycles. The van der Waals surface area contributed by atoms with Crippen LogP contribution in [0.5, 0.6) is 0 Å². The zero-order valence-corrected chi connectivity index (χ0v) is 16.0. The van der Waals surface area contributed by atoms with E-state index in [9.17, 15) is 19.8 Å². The molecule has 0 saturated heterocycles. The van der Waals surface area contributed by atoms with Gasteiger partial charge in [0.2, 0.25) is 0 Å². The van der Waals surface area contributed by atoms with Crippen LogP contribution in [-0.2, 0) is 9.59 Å². The number of hydrogen-bond acceptors (Lipinski definition) is 2. The van der Waals surface area contributed by atoms with E-state index in [1.54, 1.807) is 72.8 Å². The van der Waals surface area contributed by atoms with Crippen LogP contribution in [0.4, 0.5) is 0 Å². The molecule has 0 aromatic heterocycles. The molecule has 0 radical (unpaired) electrons. The van der Waals surface area contributed by atoms with Gasteiger partial charge < -0.3 is 10.2 Å². The van der Waals surface area contributed by atoms with Crippen LogP contribution in [0.25, 0.3) is 11.6 Å². The quantitative estimate of drug-likeness (QED) is 0.426. The van der Waals surface area contributed by atoms with Gasteiger partial charge in [0.1, 0.15) is 0 Å². The predicted octanol–water partition coefficient (Wildman–Crippen LogP) is 5.39. The van der Waals surface area contributed by atoms with E-state index in [0.717, 1.165) is 0 Å². The molecule has 0 aliphatic heterocycles. The number of carboxylic acids is 2. The number of carbonyl (C=O) groups is 2. The lowest BCUT2D eigenvalue weighted by Crippen LogP contribution is -2.14. The molecule has 0 aliphatic rings. The van der Waals surface area contributed by atoms with Crippen LogP contribution in [-0.4, -0.2) is 22.2 Å². The van der Waals surface area contributed by atoms with E-state index in [0.29, 0.717) is 27.3 Å². The molecule has 4 nitrogen and oxygen atoms in total. The van der Waals surface area contributed by atoms with Crippen molar-refractivity contribution in [1.82, 2.24) is 0 Å². The number of aliphatic carboxylic acids is 2. The van der Waals surface area contributed by atoms with Crippen molar-refractivity contribution in [3.8, 4) is 0 Å².